The number of benzene rings is 1. The Labute approximate surface area is 127 Å². The molecule has 4 nitrogen and oxygen atoms in total. The zero-order chi connectivity index (χ0) is 15.1. The minimum Gasteiger partial charge on any atom is -0.377 e. The molecule has 0 aliphatic heterocycles. The lowest BCUT2D eigenvalue weighted by molar-refractivity contribution is -0.126. The van der Waals surface area contributed by atoms with E-state index in [2.05, 4.69) is 5.32 Å². The molecule has 1 saturated carbocycles. The first kappa shape index (κ1) is 16.0. The minimum atomic E-state index is -0.392. The SMILES string of the molecule is CCOCc1ccccc1NC(=O)C1(CN)CCCCC1. The Hall–Kier alpha value is -1.39. The number of hydrogen-bond acceptors (Lipinski definition) is 3. The predicted molar refractivity (Wildman–Crippen MR) is 85.0 cm³/mol. The first-order valence-electron chi connectivity index (χ1n) is 7.89. The maximum atomic E-state index is 12.7. The van der Waals surface area contributed by atoms with E-state index in [0.29, 0.717) is 19.8 Å². The number of anilines is 1. The van der Waals surface area contributed by atoms with Crippen LogP contribution in [0.1, 0.15) is 44.6 Å². The van der Waals surface area contributed by atoms with E-state index in [9.17, 15) is 4.79 Å². The number of carbonyl (C=O) groups is 1. The average molecular weight is 290 g/mol. The molecule has 0 radical (unpaired) electrons. The van der Waals surface area contributed by atoms with Gasteiger partial charge in [0.1, 0.15) is 0 Å². The van der Waals surface area contributed by atoms with Crippen molar-refractivity contribution in [2.45, 2.75) is 45.6 Å². The number of nitrogens with two attached hydrogens (primary N) is 1. The van der Waals surface area contributed by atoms with Crippen molar-refractivity contribution >= 4 is 11.6 Å². The van der Waals surface area contributed by atoms with Crippen molar-refractivity contribution in [2.24, 2.45) is 11.1 Å². The van der Waals surface area contributed by atoms with E-state index < -0.39 is 5.41 Å². The summed E-state index contributed by atoms with van der Waals surface area (Å²) in [5.41, 5.74) is 7.39. The average Bonchev–Trinajstić information content (AvgIpc) is 2.54. The molecule has 0 saturated heterocycles. The van der Waals surface area contributed by atoms with Gasteiger partial charge in [-0.1, -0.05) is 37.5 Å². The number of nitrogens with one attached hydrogen (secondary N) is 1. The van der Waals surface area contributed by atoms with E-state index in [1.54, 1.807) is 0 Å². The lowest BCUT2D eigenvalue weighted by Gasteiger charge is -2.34. The van der Waals surface area contributed by atoms with Crippen LogP contribution in [0.15, 0.2) is 24.3 Å². The molecule has 2 rings (SSSR count). The fourth-order valence-corrected chi connectivity index (χ4v) is 2.99. The van der Waals surface area contributed by atoms with E-state index in [-0.39, 0.29) is 5.91 Å². The molecule has 0 atom stereocenters. The zero-order valence-electron chi connectivity index (χ0n) is 12.9. The summed E-state index contributed by atoms with van der Waals surface area (Å²) in [6.45, 7) is 3.57. The molecule has 1 amide bonds. The molecule has 1 aromatic carbocycles. The van der Waals surface area contributed by atoms with E-state index >= 15 is 0 Å². The third kappa shape index (κ3) is 3.83. The second-order valence-corrected chi connectivity index (χ2v) is 5.79. The summed E-state index contributed by atoms with van der Waals surface area (Å²) in [6, 6.07) is 7.81. The van der Waals surface area contributed by atoms with Crippen LogP contribution in [0.4, 0.5) is 5.69 Å². The molecule has 0 unspecified atom stereocenters. The van der Waals surface area contributed by atoms with Crippen LogP contribution in [0.3, 0.4) is 0 Å². The molecule has 1 aliphatic carbocycles. The third-order valence-corrected chi connectivity index (χ3v) is 4.41. The van der Waals surface area contributed by atoms with Crippen LogP contribution < -0.4 is 11.1 Å². The van der Waals surface area contributed by atoms with Gasteiger partial charge in [-0.2, -0.15) is 0 Å². The lowest BCUT2D eigenvalue weighted by Crippen LogP contribution is -2.44. The van der Waals surface area contributed by atoms with Crippen molar-refractivity contribution < 1.29 is 9.53 Å². The van der Waals surface area contributed by atoms with Crippen molar-refractivity contribution in [3.63, 3.8) is 0 Å². The molecule has 1 fully saturated rings. The Morgan fingerprint density at radius 2 is 2.00 bits per heavy atom. The van der Waals surface area contributed by atoms with Gasteiger partial charge >= 0.3 is 0 Å². The van der Waals surface area contributed by atoms with E-state index in [4.69, 9.17) is 10.5 Å². The van der Waals surface area contributed by atoms with Gasteiger partial charge < -0.3 is 15.8 Å². The molecule has 21 heavy (non-hydrogen) atoms. The predicted octanol–water partition coefficient (Wildman–Crippen LogP) is 3.07. The number of rotatable bonds is 6. The first-order chi connectivity index (χ1) is 10.2. The minimum absolute atomic E-state index is 0.0636. The van der Waals surface area contributed by atoms with E-state index in [1.807, 2.05) is 31.2 Å². The Balaban J connectivity index is 2.11. The smallest absolute Gasteiger partial charge is 0.231 e. The maximum absolute atomic E-state index is 12.7. The van der Waals surface area contributed by atoms with Gasteiger partial charge in [0.15, 0.2) is 0 Å². The molecule has 1 aromatic rings. The largest absolute Gasteiger partial charge is 0.377 e. The molecular formula is C17H26N2O2. The molecular weight excluding hydrogens is 264 g/mol. The summed E-state index contributed by atoms with van der Waals surface area (Å²) in [7, 11) is 0. The van der Waals surface area contributed by atoms with Crippen LogP contribution in [-0.4, -0.2) is 19.1 Å². The molecule has 0 heterocycles. The number of hydrogen-bond donors (Lipinski definition) is 2. The van der Waals surface area contributed by atoms with Crippen molar-refractivity contribution in [3.05, 3.63) is 29.8 Å². The first-order valence-corrected chi connectivity index (χ1v) is 7.89. The van der Waals surface area contributed by atoms with E-state index in [0.717, 1.165) is 36.9 Å². The van der Waals surface area contributed by atoms with Gasteiger partial charge in [0, 0.05) is 24.4 Å². The van der Waals surface area contributed by atoms with Gasteiger partial charge in [-0.25, -0.2) is 0 Å². The number of amides is 1. The Kier molecular flexibility index (Phi) is 5.76. The van der Waals surface area contributed by atoms with Crippen LogP contribution in [0.2, 0.25) is 0 Å². The summed E-state index contributed by atoms with van der Waals surface area (Å²) >= 11 is 0. The molecule has 116 valence electrons. The van der Waals surface area contributed by atoms with Gasteiger partial charge in [-0.15, -0.1) is 0 Å². The Morgan fingerprint density at radius 1 is 1.29 bits per heavy atom. The van der Waals surface area contributed by atoms with Crippen LogP contribution in [-0.2, 0) is 16.1 Å². The van der Waals surface area contributed by atoms with Gasteiger partial charge in [-0.05, 0) is 25.8 Å². The zero-order valence-corrected chi connectivity index (χ0v) is 12.9. The van der Waals surface area contributed by atoms with Gasteiger partial charge in [-0.3, -0.25) is 4.79 Å². The Morgan fingerprint density at radius 3 is 2.67 bits per heavy atom. The summed E-state index contributed by atoms with van der Waals surface area (Å²) in [5, 5.41) is 3.08. The van der Waals surface area contributed by atoms with Crippen molar-refractivity contribution in [3.8, 4) is 0 Å². The molecule has 3 N–H and O–H groups in total. The van der Waals surface area contributed by atoms with Gasteiger partial charge in [0.05, 0.1) is 12.0 Å². The third-order valence-electron chi connectivity index (χ3n) is 4.41. The van der Waals surface area contributed by atoms with Gasteiger partial charge in [0.2, 0.25) is 5.91 Å². The highest BCUT2D eigenvalue weighted by atomic mass is 16.5. The maximum Gasteiger partial charge on any atom is 0.231 e. The molecule has 4 heteroatoms. The summed E-state index contributed by atoms with van der Waals surface area (Å²) < 4.78 is 5.46. The quantitative estimate of drug-likeness (QED) is 0.846. The molecule has 0 bridgehead atoms. The summed E-state index contributed by atoms with van der Waals surface area (Å²) in [6.07, 6.45) is 5.16. The van der Waals surface area contributed by atoms with E-state index in [1.165, 1.54) is 6.42 Å². The van der Waals surface area contributed by atoms with Crippen LogP contribution in [0.25, 0.3) is 0 Å². The lowest BCUT2D eigenvalue weighted by atomic mass is 9.73. The van der Waals surface area contributed by atoms with Crippen molar-refractivity contribution in [1.82, 2.24) is 0 Å². The van der Waals surface area contributed by atoms with Gasteiger partial charge in [0.25, 0.3) is 0 Å². The fourth-order valence-electron chi connectivity index (χ4n) is 2.99. The van der Waals surface area contributed by atoms with Crippen molar-refractivity contribution in [2.75, 3.05) is 18.5 Å². The highest BCUT2D eigenvalue weighted by molar-refractivity contribution is 5.96. The second kappa shape index (κ2) is 7.57. The molecule has 1 aliphatic rings. The number of ether oxygens (including phenoxy) is 1. The van der Waals surface area contributed by atoms with Crippen molar-refractivity contribution in [1.29, 1.82) is 0 Å². The number of para-hydroxylation sites is 1. The number of carbonyl (C=O) groups excluding carboxylic acids is 1. The monoisotopic (exact) mass is 290 g/mol. The standard InChI is InChI=1S/C17H26N2O2/c1-2-21-12-14-8-4-5-9-15(14)19-16(20)17(13-18)10-6-3-7-11-17/h4-5,8-9H,2-3,6-7,10-13,18H2,1H3,(H,19,20). The normalized spacial score (nSPS) is 17.4. The Bertz CT molecular complexity index is 468. The highest BCUT2D eigenvalue weighted by Gasteiger charge is 2.38. The molecule has 0 spiro atoms. The van der Waals surface area contributed by atoms with Crippen LogP contribution >= 0.6 is 0 Å². The van der Waals surface area contributed by atoms with Crippen LogP contribution in [0, 0.1) is 5.41 Å². The highest BCUT2D eigenvalue weighted by Crippen LogP contribution is 2.36. The fraction of sp³-hybridized carbons (Fsp3) is 0.588. The molecule has 0 aromatic heterocycles. The topological polar surface area (TPSA) is 64.3 Å². The van der Waals surface area contributed by atoms with Crippen LogP contribution in [0.5, 0.6) is 0 Å². The summed E-state index contributed by atoms with van der Waals surface area (Å²) in [4.78, 5) is 12.7. The second-order valence-electron chi connectivity index (χ2n) is 5.79. The summed E-state index contributed by atoms with van der Waals surface area (Å²) in [5.74, 6) is 0.0636.